The summed E-state index contributed by atoms with van der Waals surface area (Å²) in [5.41, 5.74) is 18.9. The van der Waals surface area contributed by atoms with Gasteiger partial charge in [-0.15, -0.1) is 0 Å². The molecular weight excluding hydrogens is 512 g/mol. The average Bonchev–Trinajstić information content (AvgIpc) is 3.39. The molecule has 0 fully saturated rings. The summed E-state index contributed by atoms with van der Waals surface area (Å²) in [7, 11) is 0. The highest BCUT2D eigenvalue weighted by molar-refractivity contribution is 6.32. The van der Waals surface area contributed by atoms with E-state index in [1.54, 1.807) is 12.1 Å². The van der Waals surface area contributed by atoms with Crippen molar-refractivity contribution in [1.82, 2.24) is 15.5 Å². The number of rotatable bonds is 14. The number of fused-ring (bicyclic) bond motifs is 1. The number of carbonyl (C=O) groups excluding carboxylic acids is 3. The summed E-state index contributed by atoms with van der Waals surface area (Å²) in [5.74, 6) is -0.347. The normalized spacial score (nSPS) is 13.5. The summed E-state index contributed by atoms with van der Waals surface area (Å²) in [6, 6.07) is 11.0. The van der Waals surface area contributed by atoms with Gasteiger partial charge >= 0.3 is 0 Å². The fourth-order valence-electron chi connectivity index (χ4n) is 4.02. The highest BCUT2D eigenvalue weighted by atomic mass is 35.5. The zero-order valence-corrected chi connectivity index (χ0v) is 21.9. The third-order valence-corrected chi connectivity index (χ3v) is 6.31. The molecule has 0 saturated heterocycles. The Balaban J connectivity index is 1.64. The maximum absolute atomic E-state index is 13.2. The Morgan fingerprint density at radius 1 is 1.00 bits per heavy atom. The molecule has 0 bridgehead atoms. The summed E-state index contributed by atoms with van der Waals surface area (Å²) in [6.07, 6.45) is 0.648. The Hall–Kier alpha value is -3.38. The van der Waals surface area contributed by atoms with Crippen LogP contribution in [0.2, 0.25) is 5.02 Å². The number of nitrogens with one attached hydrogen (secondary N) is 2. The molecule has 2 atom stereocenters. The second kappa shape index (κ2) is 14.5. The number of amides is 3. The molecule has 8 N–H and O–H groups in total. The number of ether oxygens (including phenoxy) is 2. The molecule has 0 radical (unpaired) electrons. The van der Waals surface area contributed by atoms with Crippen molar-refractivity contribution in [3.8, 4) is 11.5 Å². The van der Waals surface area contributed by atoms with E-state index in [9.17, 15) is 14.4 Å². The van der Waals surface area contributed by atoms with E-state index >= 15 is 0 Å². The number of halogens is 1. The molecule has 0 unspecified atom stereocenters. The van der Waals surface area contributed by atoms with Gasteiger partial charge in [-0.3, -0.25) is 14.4 Å². The number of hydrogen-bond acceptors (Lipinski definition) is 8. The van der Waals surface area contributed by atoms with Crippen LogP contribution in [0.15, 0.2) is 42.5 Å². The van der Waals surface area contributed by atoms with Gasteiger partial charge in [-0.25, -0.2) is 0 Å². The summed E-state index contributed by atoms with van der Waals surface area (Å²) in [5, 5.41) is 5.94. The van der Waals surface area contributed by atoms with E-state index in [0.29, 0.717) is 48.0 Å². The van der Waals surface area contributed by atoms with Crippen molar-refractivity contribution in [2.75, 3.05) is 33.0 Å². The smallest absolute Gasteiger partial charge is 0.242 e. The molecule has 3 amide bonds. The predicted molar refractivity (Wildman–Crippen MR) is 143 cm³/mol. The SMILES string of the molecule is NCCN(CCN)C(=O)C[C@H](N)C(=O)N[C@@H](CCc1ccccc1)C(=O)NCc1cc(Cl)c2c(c1)OCO2. The third kappa shape index (κ3) is 8.32. The van der Waals surface area contributed by atoms with Gasteiger partial charge in [0, 0.05) is 32.7 Å². The Bertz CT molecular complexity index is 1100. The van der Waals surface area contributed by atoms with E-state index in [1.807, 2.05) is 30.3 Å². The van der Waals surface area contributed by atoms with Crippen molar-refractivity contribution >= 4 is 29.3 Å². The van der Waals surface area contributed by atoms with Crippen LogP contribution in [-0.4, -0.2) is 67.7 Å². The minimum absolute atomic E-state index is 0.0808. The van der Waals surface area contributed by atoms with E-state index in [-0.39, 0.29) is 38.8 Å². The second-order valence-electron chi connectivity index (χ2n) is 8.88. The Kier molecular flexibility index (Phi) is 11.2. The van der Waals surface area contributed by atoms with Crippen molar-refractivity contribution in [2.45, 2.75) is 37.9 Å². The molecule has 2 aromatic rings. The lowest BCUT2D eigenvalue weighted by atomic mass is 10.0. The van der Waals surface area contributed by atoms with Crippen molar-refractivity contribution in [2.24, 2.45) is 17.2 Å². The van der Waals surface area contributed by atoms with Crippen LogP contribution in [0.4, 0.5) is 0 Å². The molecular formula is C26H35ClN6O5. The number of nitrogens with zero attached hydrogens (tertiary/aromatic N) is 1. The lowest BCUT2D eigenvalue weighted by Crippen LogP contribution is -2.53. The molecule has 2 aromatic carbocycles. The molecule has 12 heteroatoms. The van der Waals surface area contributed by atoms with Crippen LogP contribution < -0.4 is 37.3 Å². The van der Waals surface area contributed by atoms with Gasteiger partial charge < -0.3 is 42.2 Å². The Morgan fingerprint density at radius 2 is 1.71 bits per heavy atom. The minimum Gasteiger partial charge on any atom is -0.454 e. The fourth-order valence-corrected chi connectivity index (χ4v) is 4.31. The molecule has 0 spiro atoms. The van der Waals surface area contributed by atoms with E-state index in [1.165, 1.54) is 4.90 Å². The van der Waals surface area contributed by atoms with E-state index in [0.717, 1.165) is 5.56 Å². The first kappa shape index (κ1) is 29.2. The largest absolute Gasteiger partial charge is 0.454 e. The average molecular weight is 547 g/mol. The van der Waals surface area contributed by atoms with Crippen molar-refractivity contribution in [3.63, 3.8) is 0 Å². The first-order valence-corrected chi connectivity index (χ1v) is 12.8. The number of carbonyl (C=O) groups is 3. The monoisotopic (exact) mass is 546 g/mol. The fraction of sp³-hybridized carbons (Fsp3) is 0.423. The third-order valence-electron chi connectivity index (χ3n) is 6.03. The minimum atomic E-state index is -1.14. The van der Waals surface area contributed by atoms with Crippen LogP contribution in [0.3, 0.4) is 0 Å². The van der Waals surface area contributed by atoms with E-state index < -0.39 is 23.9 Å². The Morgan fingerprint density at radius 3 is 2.39 bits per heavy atom. The van der Waals surface area contributed by atoms with Gasteiger partial charge in [0.25, 0.3) is 0 Å². The maximum Gasteiger partial charge on any atom is 0.242 e. The lowest BCUT2D eigenvalue weighted by molar-refractivity contribution is -0.135. The summed E-state index contributed by atoms with van der Waals surface area (Å²) >= 11 is 6.24. The van der Waals surface area contributed by atoms with Crippen LogP contribution in [0.5, 0.6) is 11.5 Å². The molecule has 38 heavy (non-hydrogen) atoms. The molecule has 1 aliphatic heterocycles. The molecule has 206 valence electrons. The molecule has 0 aliphatic carbocycles. The second-order valence-corrected chi connectivity index (χ2v) is 9.29. The first-order chi connectivity index (χ1) is 18.3. The molecule has 11 nitrogen and oxygen atoms in total. The predicted octanol–water partition coefficient (Wildman–Crippen LogP) is 0.266. The standard InChI is InChI=1S/C26H35ClN6O5/c27-19-12-18(13-22-24(19)38-16-37-22)15-31-26(36)21(7-6-17-4-2-1-3-5-17)32-25(35)20(30)14-23(34)33(10-8-28)11-9-29/h1-5,12-13,20-21H,6-11,14-16,28-30H2,(H,31,36)(H,32,35)/t20-,21-/m0/s1. The lowest BCUT2D eigenvalue weighted by Gasteiger charge is -2.24. The number of nitrogens with two attached hydrogens (primary N) is 3. The van der Waals surface area contributed by atoms with Gasteiger partial charge in [-0.1, -0.05) is 41.9 Å². The van der Waals surface area contributed by atoms with Crippen LogP contribution in [0.1, 0.15) is 24.0 Å². The summed E-state index contributed by atoms with van der Waals surface area (Å²) < 4.78 is 10.7. The van der Waals surface area contributed by atoms with Gasteiger partial charge in [0.15, 0.2) is 11.5 Å². The number of hydrogen-bond donors (Lipinski definition) is 5. The summed E-state index contributed by atoms with van der Waals surface area (Å²) in [4.78, 5) is 40.1. The Labute approximate surface area is 226 Å². The van der Waals surface area contributed by atoms with Crippen molar-refractivity contribution in [1.29, 1.82) is 0 Å². The molecule has 0 saturated carbocycles. The van der Waals surface area contributed by atoms with Crippen molar-refractivity contribution in [3.05, 3.63) is 58.6 Å². The van der Waals surface area contributed by atoms with Crippen LogP contribution >= 0.6 is 11.6 Å². The van der Waals surface area contributed by atoms with Gasteiger partial charge in [-0.2, -0.15) is 0 Å². The highest BCUT2D eigenvalue weighted by Gasteiger charge is 2.27. The molecule has 3 rings (SSSR count). The molecule has 1 heterocycles. The quantitative estimate of drug-likeness (QED) is 0.224. The number of benzene rings is 2. The molecule has 1 aliphatic rings. The number of aryl methyl sites for hydroxylation is 1. The summed E-state index contributed by atoms with van der Waals surface area (Å²) in [6.45, 7) is 1.40. The van der Waals surface area contributed by atoms with Crippen LogP contribution in [0, 0.1) is 0 Å². The van der Waals surface area contributed by atoms with Gasteiger partial charge in [0.2, 0.25) is 24.5 Å². The maximum atomic E-state index is 13.2. The zero-order valence-electron chi connectivity index (χ0n) is 21.2. The first-order valence-electron chi connectivity index (χ1n) is 12.5. The molecule has 0 aromatic heterocycles. The van der Waals surface area contributed by atoms with Gasteiger partial charge in [0.1, 0.15) is 6.04 Å². The van der Waals surface area contributed by atoms with Crippen molar-refractivity contribution < 1.29 is 23.9 Å². The topological polar surface area (TPSA) is 175 Å². The zero-order chi connectivity index (χ0) is 27.5. The van der Waals surface area contributed by atoms with E-state index in [4.69, 9.17) is 38.3 Å². The van der Waals surface area contributed by atoms with Gasteiger partial charge in [0.05, 0.1) is 17.5 Å². The van der Waals surface area contributed by atoms with Crippen LogP contribution in [-0.2, 0) is 27.3 Å². The van der Waals surface area contributed by atoms with Gasteiger partial charge in [-0.05, 0) is 36.1 Å². The van der Waals surface area contributed by atoms with Crippen LogP contribution in [0.25, 0.3) is 0 Å². The van der Waals surface area contributed by atoms with E-state index in [2.05, 4.69) is 10.6 Å². The highest BCUT2D eigenvalue weighted by Crippen LogP contribution is 2.39.